The van der Waals surface area contributed by atoms with Crippen LogP contribution in [0, 0.1) is 5.82 Å². The number of nitrogen functional groups attached to an aromatic ring is 1. The fraction of sp³-hybridized carbons (Fsp3) is 0.100. The molecule has 0 spiro atoms. The molecule has 27 heavy (non-hydrogen) atoms. The number of aliphatic hydroxyl groups excluding tert-OH is 1. The summed E-state index contributed by atoms with van der Waals surface area (Å²) in [5.74, 6) is -1.03. The molecule has 0 saturated carbocycles. The molecule has 4 N–H and O–H groups in total. The van der Waals surface area contributed by atoms with E-state index in [1.165, 1.54) is 12.1 Å². The first-order chi connectivity index (χ1) is 13.0. The first-order valence-electron chi connectivity index (χ1n) is 8.17. The van der Waals surface area contributed by atoms with Crippen molar-refractivity contribution >= 4 is 27.7 Å². The van der Waals surface area contributed by atoms with E-state index in [0.717, 1.165) is 5.56 Å². The van der Waals surface area contributed by atoms with Gasteiger partial charge in [0.25, 0.3) is 5.91 Å². The summed E-state index contributed by atoms with van der Waals surface area (Å²) in [6.45, 7) is -0.296. The number of benzene rings is 2. The maximum atomic E-state index is 14.6. The molecule has 1 heterocycles. The van der Waals surface area contributed by atoms with Crippen LogP contribution in [0.15, 0.2) is 65.3 Å². The van der Waals surface area contributed by atoms with E-state index in [1.807, 2.05) is 6.07 Å². The van der Waals surface area contributed by atoms with Gasteiger partial charge >= 0.3 is 0 Å². The first-order valence-corrected chi connectivity index (χ1v) is 8.96. The van der Waals surface area contributed by atoms with Gasteiger partial charge in [0, 0.05) is 16.2 Å². The molecule has 1 amide bonds. The number of pyridine rings is 1. The van der Waals surface area contributed by atoms with E-state index in [-0.39, 0.29) is 18.0 Å². The van der Waals surface area contributed by atoms with Crippen LogP contribution in [-0.2, 0) is 0 Å². The van der Waals surface area contributed by atoms with Crippen molar-refractivity contribution in [1.29, 1.82) is 0 Å². The zero-order chi connectivity index (χ0) is 19.4. The van der Waals surface area contributed by atoms with Gasteiger partial charge < -0.3 is 16.2 Å². The molecule has 0 aliphatic carbocycles. The molecular weight excluding hydrogens is 413 g/mol. The van der Waals surface area contributed by atoms with Crippen LogP contribution >= 0.6 is 15.9 Å². The molecule has 0 fully saturated rings. The van der Waals surface area contributed by atoms with Crippen LogP contribution in [0.25, 0.3) is 11.1 Å². The Bertz CT molecular complexity index is 967. The summed E-state index contributed by atoms with van der Waals surface area (Å²) in [6.07, 6.45) is 1.55. The van der Waals surface area contributed by atoms with Crippen LogP contribution in [0.3, 0.4) is 0 Å². The predicted molar refractivity (Wildman–Crippen MR) is 105 cm³/mol. The van der Waals surface area contributed by atoms with Gasteiger partial charge in [-0.1, -0.05) is 36.4 Å². The molecule has 5 nitrogen and oxygen atoms in total. The number of amides is 1. The number of nitrogens with one attached hydrogen (secondary N) is 1. The minimum Gasteiger partial charge on any atom is -0.394 e. The lowest BCUT2D eigenvalue weighted by Crippen LogP contribution is -2.31. The third kappa shape index (κ3) is 4.32. The van der Waals surface area contributed by atoms with Gasteiger partial charge in [-0.05, 0) is 45.3 Å². The van der Waals surface area contributed by atoms with E-state index >= 15 is 0 Å². The summed E-state index contributed by atoms with van der Waals surface area (Å²) in [7, 11) is 0. The largest absolute Gasteiger partial charge is 0.394 e. The average molecular weight is 430 g/mol. The molecule has 3 rings (SSSR count). The highest BCUT2D eigenvalue weighted by atomic mass is 79.9. The normalized spacial score (nSPS) is 11.8. The number of hydrogen-bond acceptors (Lipinski definition) is 4. The van der Waals surface area contributed by atoms with Gasteiger partial charge in [-0.25, -0.2) is 9.37 Å². The molecule has 0 saturated heterocycles. The lowest BCUT2D eigenvalue weighted by molar-refractivity contribution is 0.0912. The quantitative estimate of drug-likeness (QED) is 0.576. The third-order valence-electron chi connectivity index (χ3n) is 4.10. The number of nitrogens with two attached hydrogens (primary N) is 1. The SMILES string of the molecule is Nc1ncc(Br)cc1-c1ccc(C(=O)N[C@H](CO)c2ccccc2)c(F)c1. The Kier molecular flexibility index (Phi) is 5.83. The Morgan fingerprint density at radius 1 is 1.22 bits per heavy atom. The molecule has 1 aromatic heterocycles. The Morgan fingerprint density at radius 2 is 1.96 bits per heavy atom. The Morgan fingerprint density at radius 3 is 2.63 bits per heavy atom. The molecule has 3 aromatic rings. The number of carbonyl (C=O) groups excluding carboxylic acids is 1. The predicted octanol–water partition coefficient (Wildman–Crippen LogP) is 3.70. The minimum atomic E-state index is -0.686. The van der Waals surface area contributed by atoms with Gasteiger partial charge in [-0.15, -0.1) is 0 Å². The standard InChI is InChI=1S/C20H17BrFN3O2/c21-14-9-16(19(23)24-10-14)13-6-7-15(17(22)8-13)20(27)25-18(11-26)12-4-2-1-3-5-12/h1-10,18,26H,11H2,(H2,23,24)(H,25,27)/t18-/m1/s1. The van der Waals surface area contributed by atoms with Crippen LogP contribution in [-0.4, -0.2) is 22.6 Å². The highest BCUT2D eigenvalue weighted by Crippen LogP contribution is 2.28. The average Bonchev–Trinajstić information content (AvgIpc) is 2.68. The Balaban J connectivity index is 1.85. The number of aromatic nitrogens is 1. The van der Waals surface area contributed by atoms with Crippen LogP contribution in [0.5, 0.6) is 0 Å². The summed E-state index contributed by atoms with van der Waals surface area (Å²) < 4.78 is 15.3. The van der Waals surface area contributed by atoms with Crippen molar-refractivity contribution in [3.8, 4) is 11.1 Å². The molecule has 7 heteroatoms. The first kappa shape index (κ1) is 19.0. The molecular formula is C20H17BrFN3O2. The number of anilines is 1. The number of nitrogens with zero attached hydrogens (tertiary/aromatic N) is 1. The molecule has 0 aliphatic rings. The number of halogens is 2. The van der Waals surface area contributed by atoms with Crippen molar-refractivity contribution in [2.24, 2.45) is 0 Å². The van der Waals surface area contributed by atoms with E-state index < -0.39 is 17.8 Å². The monoisotopic (exact) mass is 429 g/mol. The molecule has 1 atom stereocenters. The van der Waals surface area contributed by atoms with Crippen molar-refractivity contribution < 1.29 is 14.3 Å². The number of rotatable bonds is 5. The number of hydrogen-bond donors (Lipinski definition) is 3. The lowest BCUT2D eigenvalue weighted by Gasteiger charge is -2.17. The molecule has 0 aliphatic heterocycles. The zero-order valence-electron chi connectivity index (χ0n) is 14.2. The van der Waals surface area contributed by atoms with Crippen molar-refractivity contribution in [2.75, 3.05) is 12.3 Å². The second-order valence-corrected chi connectivity index (χ2v) is 6.82. The molecule has 0 unspecified atom stereocenters. The van der Waals surface area contributed by atoms with Crippen molar-refractivity contribution in [1.82, 2.24) is 10.3 Å². The van der Waals surface area contributed by atoms with Gasteiger partial charge in [-0.2, -0.15) is 0 Å². The summed E-state index contributed by atoms with van der Waals surface area (Å²) in [4.78, 5) is 16.5. The van der Waals surface area contributed by atoms with Crippen LogP contribution < -0.4 is 11.1 Å². The van der Waals surface area contributed by atoms with E-state index in [2.05, 4.69) is 26.2 Å². The summed E-state index contributed by atoms with van der Waals surface area (Å²) in [5.41, 5.74) is 7.55. The Hall–Kier alpha value is -2.77. The van der Waals surface area contributed by atoms with Gasteiger partial charge in [0.1, 0.15) is 11.6 Å². The number of aliphatic hydroxyl groups is 1. The maximum Gasteiger partial charge on any atom is 0.254 e. The van der Waals surface area contributed by atoms with Crippen LogP contribution in [0.4, 0.5) is 10.2 Å². The highest BCUT2D eigenvalue weighted by molar-refractivity contribution is 9.10. The fourth-order valence-corrected chi connectivity index (χ4v) is 3.03. The van der Waals surface area contributed by atoms with Crippen molar-refractivity contribution in [3.05, 3.63) is 82.2 Å². The van der Waals surface area contributed by atoms with E-state index in [9.17, 15) is 14.3 Å². The van der Waals surface area contributed by atoms with Crippen LogP contribution in [0.2, 0.25) is 0 Å². The molecule has 0 radical (unpaired) electrons. The van der Waals surface area contributed by atoms with Gasteiger partial charge in [0.15, 0.2) is 0 Å². The van der Waals surface area contributed by atoms with Crippen LogP contribution in [0.1, 0.15) is 22.0 Å². The lowest BCUT2D eigenvalue weighted by atomic mass is 10.0. The number of carbonyl (C=O) groups is 1. The van der Waals surface area contributed by atoms with Gasteiger partial charge in [0.2, 0.25) is 0 Å². The van der Waals surface area contributed by atoms with Gasteiger partial charge in [0.05, 0.1) is 18.2 Å². The molecule has 2 aromatic carbocycles. The summed E-state index contributed by atoms with van der Waals surface area (Å²) in [6, 6.07) is 14.3. The summed E-state index contributed by atoms with van der Waals surface area (Å²) in [5, 5.41) is 12.2. The summed E-state index contributed by atoms with van der Waals surface area (Å²) >= 11 is 3.31. The van der Waals surface area contributed by atoms with E-state index in [0.29, 0.717) is 15.6 Å². The maximum absolute atomic E-state index is 14.6. The second kappa shape index (κ2) is 8.28. The van der Waals surface area contributed by atoms with Gasteiger partial charge in [-0.3, -0.25) is 4.79 Å². The van der Waals surface area contributed by atoms with E-state index in [1.54, 1.807) is 42.6 Å². The van der Waals surface area contributed by atoms with Crippen molar-refractivity contribution in [2.45, 2.75) is 6.04 Å². The second-order valence-electron chi connectivity index (χ2n) is 5.90. The van der Waals surface area contributed by atoms with E-state index in [4.69, 9.17) is 5.73 Å². The Labute approximate surface area is 164 Å². The van der Waals surface area contributed by atoms with Crippen molar-refractivity contribution in [3.63, 3.8) is 0 Å². The third-order valence-corrected chi connectivity index (χ3v) is 4.53. The highest BCUT2D eigenvalue weighted by Gasteiger charge is 2.18. The minimum absolute atomic E-state index is 0.116. The molecule has 0 bridgehead atoms. The topological polar surface area (TPSA) is 88.2 Å². The smallest absolute Gasteiger partial charge is 0.254 e. The zero-order valence-corrected chi connectivity index (χ0v) is 15.8. The molecule has 138 valence electrons. The fourth-order valence-electron chi connectivity index (χ4n) is 2.70.